The smallest absolute Gasteiger partial charge is 0.410 e. The molecule has 5 rings (SSSR count). The fourth-order valence-electron chi connectivity index (χ4n) is 4.72. The number of Topliss-reactive ketones (excluding diaryl/α,β-unsaturated/α-hetero) is 1. The van der Waals surface area contributed by atoms with E-state index in [9.17, 15) is 9.59 Å². The third kappa shape index (κ3) is 6.02. The minimum absolute atomic E-state index is 0.000506. The molecule has 3 aromatic carbocycles. The van der Waals surface area contributed by atoms with E-state index >= 15 is 0 Å². The summed E-state index contributed by atoms with van der Waals surface area (Å²) < 4.78 is 5.50. The van der Waals surface area contributed by atoms with Crippen molar-refractivity contribution in [3.8, 4) is 11.1 Å². The first-order chi connectivity index (χ1) is 18.2. The van der Waals surface area contributed by atoms with E-state index < -0.39 is 5.60 Å². The van der Waals surface area contributed by atoms with Gasteiger partial charge < -0.3 is 14.5 Å². The lowest BCUT2D eigenvalue weighted by molar-refractivity contribution is 0.0240. The Morgan fingerprint density at radius 1 is 0.816 bits per heavy atom. The summed E-state index contributed by atoms with van der Waals surface area (Å²) in [7, 11) is 0. The average molecular weight is 508 g/mol. The van der Waals surface area contributed by atoms with Gasteiger partial charge in [-0.3, -0.25) is 9.78 Å². The predicted molar refractivity (Wildman–Crippen MR) is 152 cm³/mol. The summed E-state index contributed by atoms with van der Waals surface area (Å²) in [4.78, 5) is 34.0. The minimum atomic E-state index is -0.494. The van der Waals surface area contributed by atoms with Crippen molar-refractivity contribution in [1.82, 2.24) is 9.88 Å². The summed E-state index contributed by atoms with van der Waals surface area (Å²) >= 11 is 0. The maximum Gasteiger partial charge on any atom is 0.410 e. The van der Waals surface area contributed by atoms with Gasteiger partial charge in [0, 0.05) is 49.9 Å². The van der Waals surface area contributed by atoms with Gasteiger partial charge in [0.05, 0.1) is 0 Å². The van der Waals surface area contributed by atoms with Crippen LogP contribution in [0.4, 0.5) is 10.5 Å². The lowest BCUT2D eigenvalue weighted by Gasteiger charge is -2.36. The molecule has 0 atom stereocenters. The van der Waals surface area contributed by atoms with Crippen molar-refractivity contribution in [2.75, 3.05) is 31.1 Å². The molecule has 2 heterocycles. The Morgan fingerprint density at radius 3 is 2.29 bits per heavy atom. The van der Waals surface area contributed by atoms with Gasteiger partial charge >= 0.3 is 6.09 Å². The van der Waals surface area contributed by atoms with Crippen molar-refractivity contribution in [1.29, 1.82) is 0 Å². The second-order valence-corrected chi connectivity index (χ2v) is 10.7. The molecule has 194 valence electrons. The molecule has 1 aliphatic rings. The van der Waals surface area contributed by atoms with Crippen LogP contribution in [0, 0.1) is 0 Å². The Balaban J connectivity index is 1.24. The van der Waals surface area contributed by atoms with Crippen LogP contribution in [0.15, 0.2) is 85.1 Å². The van der Waals surface area contributed by atoms with Gasteiger partial charge in [0.25, 0.3) is 0 Å². The number of ketones is 1. The molecule has 0 N–H and O–H groups in total. The monoisotopic (exact) mass is 507 g/mol. The Labute approximate surface area is 223 Å². The quantitative estimate of drug-likeness (QED) is 0.293. The molecule has 0 bridgehead atoms. The molecule has 0 radical (unpaired) electrons. The molecule has 1 aromatic heterocycles. The average Bonchev–Trinajstić information content (AvgIpc) is 2.92. The van der Waals surface area contributed by atoms with Crippen molar-refractivity contribution in [3.63, 3.8) is 0 Å². The number of pyridine rings is 1. The van der Waals surface area contributed by atoms with Crippen LogP contribution in [0.1, 0.15) is 36.8 Å². The summed E-state index contributed by atoms with van der Waals surface area (Å²) in [5, 5.41) is 1.97. The number of ether oxygens (including phenoxy) is 1. The zero-order valence-electron chi connectivity index (χ0n) is 22.2. The number of nitrogens with zero attached hydrogens (tertiary/aromatic N) is 3. The summed E-state index contributed by atoms with van der Waals surface area (Å²) in [5.41, 5.74) is 4.27. The fraction of sp³-hybridized carbons (Fsp3) is 0.281. The zero-order valence-corrected chi connectivity index (χ0v) is 22.2. The maximum absolute atomic E-state index is 13.1. The van der Waals surface area contributed by atoms with Crippen LogP contribution >= 0.6 is 0 Å². The van der Waals surface area contributed by atoms with Crippen LogP contribution in [0.5, 0.6) is 0 Å². The number of fused-ring (bicyclic) bond motifs is 1. The molecule has 6 nitrogen and oxygen atoms in total. The Hall–Kier alpha value is -4.19. The Bertz CT molecular complexity index is 1450. The van der Waals surface area contributed by atoms with E-state index in [1.165, 1.54) is 0 Å². The van der Waals surface area contributed by atoms with Crippen molar-refractivity contribution >= 4 is 28.3 Å². The van der Waals surface area contributed by atoms with E-state index in [2.05, 4.69) is 46.3 Å². The Kier molecular flexibility index (Phi) is 7.14. The van der Waals surface area contributed by atoms with E-state index in [-0.39, 0.29) is 11.9 Å². The predicted octanol–water partition coefficient (Wildman–Crippen LogP) is 6.38. The zero-order chi connectivity index (χ0) is 26.7. The summed E-state index contributed by atoms with van der Waals surface area (Å²) in [5.74, 6) is -0.000506. The molecule has 1 amide bonds. The van der Waals surface area contributed by atoms with Crippen molar-refractivity contribution in [2.45, 2.75) is 32.8 Å². The molecule has 6 heteroatoms. The standard InChI is InChI=1S/C32H33N3O3/c1-32(2,3)38-31(37)35-16-14-34(15-17-35)28-13-12-26-21-29(33-22-27(26)20-28)30(36)19-23-8-7-11-25(18-23)24-9-5-4-6-10-24/h4-13,18,20-22H,14-17,19H2,1-3H3. The second-order valence-electron chi connectivity index (χ2n) is 10.7. The summed E-state index contributed by atoms with van der Waals surface area (Å²) in [6, 6.07) is 26.4. The molecular formula is C32H33N3O3. The molecule has 1 saturated heterocycles. The highest BCUT2D eigenvalue weighted by Crippen LogP contribution is 2.25. The van der Waals surface area contributed by atoms with Crippen molar-refractivity contribution < 1.29 is 14.3 Å². The topological polar surface area (TPSA) is 62.7 Å². The Morgan fingerprint density at radius 2 is 1.55 bits per heavy atom. The van der Waals surface area contributed by atoms with Gasteiger partial charge in [0.2, 0.25) is 0 Å². The van der Waals surface area contributed by atoms with Crippen LogP contribution < -0.4 is 4.90 Å². The molecule has 1 aliphatic heterocycles. The maximum atomic E-state index is 13.1. The van der Waals surface area contributed by atoms with Gasteiger partial charge in [-0.2, -0.15) is 0 Å². The lowest BCUT2D eigenvalue weighted by Crippen LogP contribution is -2.50. The van der Waals surface area contributed by atoms with Crippen LogP contribution in [0.2, 0.25) is 0 Å². The number of piperazine rings is 1. The lowest BCUT2D eigenvalue weighted by atomic mass is 9.99. The molecular weight excluding hydrogens is 474 g/mol. The molecule has 0 saturated carbocycles. The summed E-state index contributed by atoms with van der Waals surface area (Å²) in [6.45, 7) is 8.34. The van der Waals surface area contributed by atoms with Gasteiger partial charge in [-0.05, 0) is 61.0 Å². The largest absolute Gasteiger partial charge is 0.444 e. The van der Waals surface area contributed by atoms with Crippen molar-refractivity contribution in [3.05, 3.63) is 96.3 Å². The van der Waals surface area contributed by atoms with E-state index in [0.29, 0.717) is 25.2 Å². The highest BCUT2D eigenvalue weighted by atomic mass is 16.6. The number of benzene rings is 3. The van der Waals surface area contributed by atoms with Crippen LogP contribution in [0.3, 0.4) is 0 Å². The molecule has 4 aromatic rings. The van der Waals surface area contributed by atoms with Gasteiger partial charge in [-0.15, -0.1) is 0 Å². The van der Waals surface area contributed by atoms with E-state index in [1.54, 1.807) is 11.1 Å². The number of anilines is 1. The van der Waals surface area contributed by atoms with Gasteiger partial charge in [-0.25, -0.2) is 4.79 Å². The van der Waals surface area contributed by atoms with Crippen LogP contribution in [-0.2, 0) is 11.2 Å². The number of carbonyl (C=O) groups is 2. The highest BCUT2D eigenvalue weighted by molar-refractivity contribution is 5.99. The second kappa shape index (κ2) is 10.7. The van der Waals surface area contributed by atoms with Gasteiger partial charge in [0.1, 0.15) is 11.3 Å². The third-order valence-corrected chi connectivity index (χ3v) is 6.69. The highest BCUT2D eigenvalue weighted by Gasteiger charge is 2.26. The fourth-order valence-corrected chi connectivity index (χ4v) is 4.72. The molecule has 0 unspecified atom stereocenters. The first-order valence-corrected chi connectivity index (χ1v) is 13.1. The molecule has 0 spiro atoms. The van der Waals surface area contributed by atoms with Crippen molar-refractivity contribution in [2.24, 2.45) is 0 Å². The number of aromatic nitrogens is 1. The first kappa shape index (κ1) is 25.5. The number of hydrogen-bond acceptors (Lipinski definition) is 5. The van der Waals surface area contributed by atoms with E-state index in [1.807, 2.05) is 63.2 Å². The molecule has 0 aliphatic carbocycles. The summed E-state index contributed by atoms with van der Waals surface area (Å²) in [6.07, 6.45) is 1.83. The number of hydrogen-bond donors (Lipinski definition) is 0. The van der Waals surface area contributed by atoms with Crippen LogP contribution in [-0.4, -0.2) is 53.5 Å². The van der Waals surface area contributed by atoms with E-state index in [0.717, 1.165) is 46.2 Å². The number of rotatable bonds is 5. The van der Waals surface area contributed by atoms with E-state index in [4.69, 9.17) is 4.74 Å². The minimum Gasteiger partial charge on any atom is -0.444 e. The first-order valence-electron chi connectivity index (χ1n) is 13.1. The molecule has 1 fully saturated rings. The molecule has 38 heavy (non-hydrogen) atoms. The SMILES string of the molecule is CC(C)(C)OC(=O)N1CCN(c2ccc3cc(C(=O)Cc4cccc(-c5ccccc5)c4)ncc3c2)CC1. The van der Waals surface area contributed by atoms with Crippen LogP contribution in [0.25, 0.3) is 21.9 Å². The normalized spacial score (nSPS) is 14.0. The number of carbonyl (C=O) groups excluding carboxylic acids is 2. The van der Waals surface area contributed by atoms with Gasteiger partial charge in [0.15, 0.2) is 5.78 Å². The number of amides is 1. The van der Waals surface area contributed by atoms with Gasteiger partial charge in [-0.1, -0.05) is 60.7 Å². The third-order valence-electron chi connectivity index (χ3n) is 6.69.